The summed E-state index contributed by atoms with van der Waals surface area (Å²) in [6.45, 7) is 24.0. The Labute approximate surface area is 466 Å². The van der Waals surface area contributed by atoms with Gasteiger partial charge in [0.15, 0.2) is 0 Å². The van der Waals surface area contributed by atoms with Crippen molar-refractivity contribution in [2.24, 2.45) is 0 Å². The van der Waals surface area contributed by atoms with Gasteiger partial charge in [0, 0.05) is 66.6 Å². The Hall–Kier alpha value is -10.6. The van der Waals surface area contributed by atoms with E-state index in [4.69, 9.17) is 9.97 Å². The van der Waals surface area contributed by atoms with E-state index in [1.165, 1.54) is 0 Å². The van der Waals surface area contributed by atoms with Crippen molar-refractivity contribution in [2.75, 3.05) is 0 Å². The van der Waals surface area contributed by atoms with E-state index >= 15 is 0 Å². The minimum Gasteiger partial charge on any atom is -0.354 e. The minimum atomic E-state index is -0.446. The number of benzene rings is 4. The first kappa shape index (κ1) is 54.2. The maximum Gasteiger partial charge on any atom is 0.0998 e. The second kappa shape index (κ2) is 19.8. The highest BCUT2D eigenvalue weighted by Crippen LogP contribution is 2.45. The summed E-state index contributed by atoms with van der Waals surface area (Å²) in [5, 5.41) is 88.5. The van der Waals surface area contributed by atoms with Gasteiger partial charge in [0.2, 0.25) is 0 Å². The van der Waals surface area contributed by atoms with Crippen LogP contribution in [0.2, 0.25) is 0 Å². The average molecular weight is 1040 g/mol. The number of H-pyrrole nitrogens is 2. The number of fused-ring (bicyclic) bond motifs is 8. The number of nitriles is 8. The molecule has 0 unspecified atom stereocenters. The maximum absolute atomic E-state index is 11.1. The van der Waals surface area contributed by atoms with Gasteiger partial charge in [-0.25, -0.2) is 9.97 Å². The van der Waals surface area contributed by atoms with Gasteiger partial charge in [-0.05, 0) is 141 Å². The first-order valence-electron chi connectivity index (χ1n) is 25.9. The molecular weight excluding hydrogens is 985 g/mol. The van der Waals surface area contributed by atoms with Crippen molar-refractivity contribution in [2.45, 2.75) is 105 Å². The van der Waals surface area contributed by atoms with Gasteiger partial charge in [0.25, 0.3) is 0 Å². The molecule has 7 aromatic rings. The highest BCUT2D eigenvalue weighted by Gasteiger charge is 2.30. The van der Waals surface area contributed by atoms with Crippen LogP contribution in [0.25, 0.3) is 90.9 Å². The molecule has 0 atom stereocenters. The fourth-order valence-electron chi connectivity index (χ4n) is 10.3. The van der Waals surface area contributed by atoms with Gasteiger partial charge < -0.3 is 9.97 Å². The molecule has 12 nitrogen and oxygen atoms in total. The van der Waals surface area contributed by atoms with E-state index in [0.29, 0.717) is 89.4 Å². The molecule has 8 bridgehead atoms. The van der Waals surface area contributed by atoms with Gasteiger partial charge in [-0.3, -0.25) is 0 Å². The molecule has 3 aromatic heterocycles. The van der Waals surface area contributed by atoms with Crippen molar-refractivity contribution in [1.82, 2.24) is 19.9 Å². The summed E-state index contributed by atoms with van der Waals surface area (Å²) in [5.41, 5.74) is 8.64. The summed E-state index contributed by atoms with van der Waals surface area (Å²) >= 11 is 0. The van der Waals surface area contributed by atoms with E-state index in [2.05, 4.69) is 58.5 Å². The molecule has 4 aromatic carbocycles. The molecule has 0 aliphatic carbocycles. The molecule has 386 valence electrons. The molecule has 0 amide bonds. The van der Waals surface area contributed by atoms with Crippen molar-refractivity contribution in [3.63, 3.8) is 0 Å². The normalized spacial score (nSPS) is 12.1. The van der Waals surface area contributed by atoms with Crippen LogP contribution in [0.3, 0.4) is 0 Å². The van der Waals surface area contributed by atoms with Crippen LogP contribution in [-0.4, -0.2) is 19.9 Å². The minimum absolute atomic E-state index is 0.212. The summed E-state index contributed by atoms with van der Waals surface area (Å²) in [4.78, 5) is 17.9. The van der Waals surface area contributed by atoms with E-state index in [1.807, 2.05) is 83.1 Å². The Kier molecular flexibility index (Phi) is 13.4. The molecule has 2 aliphatic heterocycles. The standard InChI is InChI=1S/C68H54N12/c1-65(2,3)45-21-37(29-69)57(38(22-45)30-70)61-49-13-15-51(77-49)62(58-39(31-71)23-46(66(4,5)6)24-40(58)32-72)53-17-19-55(79-53)64(60-43(35-75)27-48(68(10,11)12)28-44(60)36-76)56-20-18-54(80-56)63(52-16-14-50(61)78-52)59-41(33-73)25-47(67(7,8)9)26-42(59)34-74/h13-28,77,80H,1-12H3. The van der Waals surface area contributed by atoms with Gasteiger partial charge >= 0.3 is 0 Å². The summed E-state index contributed by atoms with van der Waals surface area (Å²) in [7, 11) is 0. The second-order valence-corrected chi connectivity index (χ2v) is 24.2. The fraction of sp³-hybridized carbons (Fsp3) is 0.235. The third-order valence-corrected chi connectivity index (χ3v) is 14.7. The van der Waals surface area contributed by atoms with E-state index in [-0.39, 0.29) is 44.5 Å². The summed E-state index contributed by atoms with van der Waals surface area (Å²) < 4.78 is 0. The monoisotopic (exact) mass is 1040 g/mol. The second-order valence-electron chi connectivity index (χ2n) is 24.2. The zero-order valence-electron chi connectivity index (χ0n) is 46.7. The highest BCUT2D eigenvalue weighted by atomic mass is 14.8. The topological polar surface area (TPSA) is 248 Å². The van der Waals surface area contributed by atoms with E-state index in [1.54, 1.807) is 97.1 Å². The van der Waals surface area contributed by atoms with Crippen LogP contribution >= 0.6 is 0 Å². The van der Waals surface area contributed by atoms with Gasteiger partial charge in [0.1, 0.15) is 0 Å². The van der Waals surface area contributed by atoms with Gasteiger partial charge in [-0.2, -0.15) is 42.1 Å². The summed E-state index contributed by atoms with van der Waals surface area (Å²) in [6, 6.07) is 40.5. The third kappa shape index (κ3) is 9.44. The summed E-state index contributed by atoms with van der Waals surface area (Å²) in [6.07, 6.45) is 7.07. The Morgan fingerprint density at radius 2 is 0.438 bits per heavy atom. The molecule has 0 spiro atoms. The zero-order valence-corrected chi connectivity index (χ0v) is 46.7. The molecule has 9 rings (SSSR count). The highest BCUT2D eigenvalue weighted by molar-refractivity contribution is 6.03. The van der Waals surface area contributed by atoms with Gasteiger partial charge in [-0.1, -0.05) is 83.1 Å². The molecule has 2 aliphatic rings. The average Bonchev–Trinajstić information content (AvgIpc) is 4.29. The molecule has 80 heavy (non-hydrogen) atoms. The number of nitrogens with one attached hydrogen (secondary N) is 2. The van der Waals surface area contributed by atoms with E-state index in [0.717, 1.165) is 22.3 Å². The number of aromatic amines is 2. The van der Waals surface area contributed by atoms with Crippen molar-refractivity contribution in [3.05, 3.63) is 162 Å². The quantitative estimate of drug-likeness (QED) is 0.169. The number of hydrogen-bond acceptors (Lipinski definition) is 10. The number of nitrogens with zero attached hydrogens (tertiary/aromatic N) is 10. The smallest absolute Gasteiger partial charge is 0.0998 e. The van der Waals surface area contributed by atoms with E-state index in [9.17, 15) is 42.1 Å². The first-order valence-corrected chi connectivity index (χ1v) is 25.9. The lowest BCUT2D eigenvalue weighted by atomic mass is 9.82. The Bertz CT molecular complexity index is 3780. The van der Waals surface area contributed by atoms with E-state index < -0.39 is 21.7 Å². The molecule has 2 N–H and O–H groups in total. The molecule has 0 saturated carbocycles. The van der Waals surface area contributed by atoms with Crippen LogP contribution in [0.5, 0.6) is 0 Å². The van der Waals surface area contributed by atoms with Crippen LogP contribution in [0.1, 0.15) is 173 Å². The predicted octanol–water partition coefficient (Wildman–Crippen LogP) is 15.5. The predicted molar refractivity (Wildman–Crippen MR) is 313 cm³/mol. The molecular formula is C68H54N12. The number of hydrogen-bond donors (Lipinski definition) is 2. The lowest BCUT2D eigenvalue weighted by Crippen LogP contribution is -2.12. The van der Waals surface area contributed by atoms with Crippen molar-refractivity contribution >= 4 is 46.4 Å². The number of aromatic nitrogens is 4. The molecule has 5 heterocycles. The fourth-order valence-corrected chi connectivity index (χ4v) is 10.3. The van der Waals surface area contributed by atoms with Crippen molar-refractivity contribution in [1.29, 1.82) is 42.1 Å². The lowest BCUT2D eigenvalue weighted by Gasteiger charge is -2.21. The Morgan fingerprint density at radius 1 is 0.275 bits per heavy atom. The van der Waals surface area contributed by atoms with Gasteiger partial charge in [-0.15, -0.1) is 0 Å². The van der Waals surface area contributed by atoms with Crippen molar-refractivity contribution < 1.29 is 0 Å². The molecule has 0 fully saturated rings. The molecule has 0 radical (unpaired) electrons. The first-order chi connectivity index (χ1) is 37.8. The largest absolute Gasteiger partial charge is 0.354 e. The Balaban J connectivity index is 1.61. The summed E-state index contributed by atoms with van der Waals surface area (Å²) in [5.74, 6) is 0. The Morgan fingerprint density at radius 3 is 0.575 bits per heavy atom. The SMILES string of the molecule is CC(C)(C)c1cc(C#N)c(-c2c3nc(c(-c4c(C#N)cc(C(C)(C)C)cc4C#N)c4ccc([nH]4)c(-c4c(C#N)cc(C(C)(C)C)cc4C#N)c4nc(c(-c5c(C#N)cc(C(C)(C)C)cc5C#N)c5ccc2[nH]5)C=C4)C=C3)c(C#N)c1. The zero-order chi connectivity index (χ0) is 58.0. The number of rotatable bonds is 4. The molecule has 12 heteroatoms. The lowest BCUT2D eigenvalue weighted by molar-refractivity contribution is 0.589. The van der Waals surface area contributed by atoms with Crippen LogP contribution in [0, 0.1) is 90.6 Å². The maximum atomic E-state index is 11.1. The van der Waals surface area contributed by atoms with Crippen molar-refractivity contribution in [3.8, 4) is 93.1 Å². The van der Waals surface area contributed by atoms with Gasteiger partial charge in [0.05, 0.1) is 116 Å². The third-order valence-electron chi connectivity index (χ3n) is 14.7. The van der Waals surface area contributed by atoms with Crippen LogP contribution < -0.4 is 0 Å². The van der Waals surface area contributed by atoms with Crippen LogP contribution in [0.4, 0.5) is 0 Å². The molecule has 0 saturated heterocycles. The van der Waals surface area contributed by atoms with Crippen LogP contribution in [0.15, 0.2) is 72.8 Å². The van der Waals surface area contributed by atoms with Crippen LogP contribution in [-0.2, 0) is 21.7 Å².